The van der Waals surface area contributed by atoms with Crippen LogP contribution in [0.4, 0.5) is 5.82 Å². The van der Waals surface area contributed by atoms with Gasteiger partial charge in [0, 0.05) is 21.3 Å². The van der Waals surface area contributed by atoms with Crippen LogP contribution in [0.15, 0.2) is 83.0 Å². The quantitative estimate of drug-likeness (QED) is 0.328. The molecule has 1 aliphatic heterocycles. The number of benzene rings is 2. The number of ketones is 1. The molecule has 1 saturated heterocycles. The first-order valence-corrected chi connectivity index (χ1v) is 9.88. The summed E-state index contributed by atoms with van der Waals surface area (Å²) in [4.78, 5) is 31.4. The second-order valence-corrected chi connectivity index (χ2v) is 7.77. The summed E-state index contributed by atoms with van der Waals surface area (Å²) in [6.07, 6.45) is 1.55. The molecule has 0 saturated carbocycles. The Bertz CT molecular complexity index is 1110. The molecule has 2 aromatic carbocycles. The Balaban J connectivity index is 1.94. The topological polar surface area (TPSA) is 70.5 Å². The van der Waals surface area contributed by atoms with Crippen LogP contribution in [0, 0.1) is 0 Å². The number of nitrogens with zero attached hydrogens (tertiary/aromatic N) is 2. The van der Waals surface area contributed by atoms with Gasteiger partial charge in [0.25, 0.3) is 5.78 Å². The van der Waals surface area contributed by atoms with Crippen molar-refractivity contribution in [2.24, 2.45) is 0 Å². The van der Waals surface area contributed by atoms with E-state index in [4.69, 9.17) is 11.6 Å². The summed E-state index contributed by atoms with van der Waals surface area (Å²) < 4.78 is 0.855. The molecule has 2 heterocycles. The van der Waals surface area contributed by atoms with Crippen molar-refractivity contribution < 1.29 is 14.7 Å². The molecule has 1 amide bonds. The minimum atomic E-state index is -0.811. The smallest absolute Gasteiger partial charge is 0.301 e. The Kier molecular flexibility index (Phi) is 5.22. The minimum Gasteiger partial charge on any atom is -0.507 e. The van der Waals surface area contributed by atoms with E-state index in [-0.39, 0.29) is 11.3 Å². The number of carbonyl (C=O) groups is 2. The number of Topliss-reactive ketones (excluding diaryl/α,β-unsaturated/α-hetero) is 1. The third-order valence-corrected chi connectivity index (χ3v) is 5.42. The Hall–Kier alpha value is -2.96. The van der Waals surface area contributed by atoms with Crippen LogP contribution in [0.2, 0.25) is 5.02 Å². The van der Waals surface area contributed by atoms with Gasteiger partial charge in [-0.2, -0.15) is 0 Å². The lowest BCUT2D eigenvalue weighted by Crippen LogP contribution is -2.30. The van der Waals surface area contributed by atoms with E-state index in [0.29, 0.717) is 22.0 Å². The predicted molar refractivity (Wildman–Crippen MR) is 115 cm³/mol. The zero-order valence-electron chi connectivity index (χ0n) is 14.9. The highest BCUT2D eigenvalue weighted by atomic mass is 79.9. The van der Waals surface area contributed by atoms with Crippen molar-refractivity contribution in [1.82, 2.24) is 4.98 Å². The average Bonchev–Trinajstić information content (AvgIpc) is 3.00. The molecular formula is C22H14BrClN2O3. The zero-order chi connectivity index (χ0) is 20.5. The summed E-state index contributed by atoms with van der Waals surface area (Å²) in [6, 6.07) is 18.0. The normalized spacial score (nSPS) is 18.3. The van der Waals surface area contributed by atoms with Gasteiger partial charge in [-0.05, 0) is 54.1 Å². The standard InChI is InChI=1S/C22H14BrClN2O3/c23-15-8-4-13(5-9-15)19-18(20(27)14-6-10-16(24)11-7-14)21(28)22(29)26(19)17-3-1-2-12-25-17/h1-12,19,27H/t19-/m1/s1. The van der Waals surface area contributed by atoms with E-state index in [9.17, 15) is 14.7 Å². The molecule has 3 aromatic rings. The molecule has 1 aliphatic rings. The number of aromatic nitrogens is 1. The summed E-state index contributed by atoms with van der Waals surface area (Å²) >= 11 is 9.32. The van der Waals surface area contributed by atoms with Crippen LogP contribution >= 0.6 is 27.5 Å². The monoisotopic (exact) mass is 468 g/mol. The van der Waals surface area contributed by atoms with Gasteiger partial charge in [0.15, 0.2) is 0 Å². The molecule has 0 spiro atoms. The SMILES string of the molecule is O=C1C(=O)N(c2ccccn2)[C@H](c2ccc(Br)cc2)C1=C(O)c1ccc(Cl)cc1. The molecule has 4 rings (SSSR count). The van der Waals surface area contributed by atoms with E-state index >= 15 is 0 Å². The van der Waals surface area contributed by atoms with Crippen molar-refractivity contribution >= 4 is 50.8 Å². The maximum atomic E-state index is 12.9. The molecule has 1 atom stereocenters. The molecule has 7 heteroatoms. The van der Waals surface area contributed by atoms with Gasteiger partial charge >= 0.3 is 5.91 Å². The first kappa shape index (κ1) is 19.4. The van der Waals surface area contributed by atoms with E-state index in [2.05, 4.69) is 20.9 Å². The molecule has 1 aromatic heterocycles. The second-order valence-electron chi connectivity index (χ2n) is 6.42. The fraction of sp³-hybridized carbons (Fsp3) is 0.0455. The van der Waals surface area contributed by atoms with Gasteiger partial charge in [0.1, 0.15) is 11.6 Å². The van der Waals surface area contributed by atoms with E-state index in [1.165, 1.54) is 4.90 Å². The minimum absolute atomic E-state index is 0.00491. The van der Waals surface area contributed by atoms with E-state index in [1.807, 2.05) is 12.1 Å². The van der Waals surface area contributed by atoms with Crippen molar-refractivity contribution in [1.29, 1.82) is 0 Å². The lowest BCUT2D eigenvalue weighted by atomic mass is 9.95. The van der Waals surface area contributed by atoms with Crippen molar-refractivity contribution in [2.75, 3.05) is 4.90 Å². The van der Waals surface area contributed by atoms with Gasteiger partial charge < -0.3 is 5.11 Å². The number of hydrogen-bond acceptors (Lipinski definition) is 4. The summed E-state index contributed by atoms with van der Waals surface area (Å²) in [5.41, 5.74) is 1.08. The molecule has 0 bridgehead atoms. The van der Waals surface area contributed by atoms with E-state index < -0.39 is 17.7 Å². The number of rotatable bonds is 3. The molecule has 144 valence electrons. The first-order valence-electron chi connectivity index (χ1n) is 8.71. The zero-order valence-corrected chi connectivity index (χ0v) is 17.3. The molecule has 1 fully saturated rings. The summed E-state index contributed by atoms with van der Waals surface area (Å²) in [6.45, 7) is 0. The fourth-order valence-corrected chi connectivity index (χ4v) is 3.68. The Morgan fingerprint density at radius 2 is 1.69 bits per heavy atom. The number of aliphatic hydroxyl groups is 1. The van der Waals surface area contributed by atoms with E-state index in [0.717, 1.165) is 4.47 Å². The van der Waals surface area contributed by atoms with Crippen LogP contribution in [0.5, 0.6) is 0 Å². The maximum Gasteiger partial charge on any atom is 0.301 e. The average molecular weight is 470 g/mol. The number of halogens is 2. The number of aliphatic hydroxyl groups excluding tert-OH is 1. The van der Waals surface area contributed by atoms with Gasteiger partial charge in [0.2, 0.25) is 0 Å². The summed E-state index contributed by atoms with van der Waals surface area (Å²) in [7, 11) is 0. The molecule has 1 N–H and O–H groups in total. The summed E-state index contributed by atoms with van der Waals surface area (Å²) in [5.74, 6) is -1.44. The van der Waals surface area contributed by atoms with Gasteiger partial charge in [-0.1, -0.05) is 45.7 Å². The van der Waals surface area contributed by atoms with Gasteiger partial charge in [-0.25, -0.2) is 4.98 Å². The number of amides is 1. The lowest BCUT2D eigenvalue weighted by molar-refractivity contribution is -0.132. The van der Waals surface area contributed by atoms with Crippen LogP contribution < -0.4 is 4.90 Å². The fourth-order valence-electron chi connectivity index (χ4n) is 3.29. The van der Waals surface area contributed by atoms with Crippen molar-refractivity contribution in [3.05, 3.63) is 99.1 Å². The number of hydrogen-bond donors (Lipinski definition) is 1. The van der Waals surface area contributed by atoms with E-state index in [1.54, 1.807) is 60.8 Å². The Morgan fingerprint density at radius 1 is 1.00 bits per heavy atom. The molecule has 5 nitrogen and oxygen atoms in total. The van der Waals surface area contributed by atoms with Gasteiger partial charge in [-0.3, -0.25) is 14.5 Å². The van der Waals surface area contributed by atoms with Crippen molar-refractivity contribution in [3.63, 3.8) is 0 Å². The summed E-state index contributed by atoms with van der Waals surface area (Å²) in [5, 5.41) is 11.5. The van der Waals surface area contributed by atoms with Crippen LogP contribution in [0.1, 0.15) is 17.2 Å². The van der Waals surface area contributed by atoms with Crippen LogP contribution in [0.25, 0.3) is 5.76 Å². The highest BCUT2D eigenvalue weighted by Gasteiger charge is 2.47. The Morgan fingerprint density at radius 3 is 2.31 bits per heavy atom. The largest absolute Gasteiger partial charge is 0.507 e. The van der Waals surface area contributed by atoms with Gasteiger partial charge in [-0.15, -0.1) is 0 Å². The predicted octanol–water partition coefficient (Wildman–Crippen LogP) is 5.12. The first-order chi connectivity index (χ1) is 14.0. The number of carbonyl (C=O) groups excluding carboxylic acids is 2. The highest BCUT2D eigenvalue weighted by Crippen LogP contribution is 2.41. The third kappa shape index (κ3) is 3.57. The van der Waals surface area contributed by atoms with Crippen LogP contribution in [-0.2, 0) is 9.59 Å². The molecule has 0 aliphatic carbocycles. The van der Waals surface area contributed by atoms with Crippen LogP contribution in [0.3, 0.4) is 0 Å². The highest BCUT2D eigenvalue weighted by molar-refractivity contribution is 9.10. The Labute approximate surface area is 180 Å². The van der Waals surface area contributed by atoms with Crippen LogP contribution in [-0.4, -0.2) is 21.8 Å². The maximum absolute atomic E-state index is 12.9. The van der Waals surface area contributed by atoms with Gasteiger partial charge in [0.05, 0.1) is 11.6 Å². The molecular weight excluding hydrogens is 456 g/mol. The molecule has 29 heavy (non-hydrogen) atoms. The van der Waals surface area contributed by atoms with Crippen molar-refractivity contribution in [2.45, 2.75) is 6.04 Å². The number of anilines is 1. The lowest BCUT2D eigenvalue weighted by Gasteiger charge is -2.24. The molecule has 0 unspecified atom stereocenters. The molecule has 0 radical (unpaired) electrons. The third-order valence-electron chi connectivity index (χ3n) is 4.64. The van der Waals surface area contributed by atoms with Crippen molar-refractivity contribution in [3.8, 4) is 0 Å². The number of pyridine rings is 1. The second kappa shape index (κ2) is 7.81.